The van der Waals surface area contributed by atoms with Gasteiger partial charge in [-0.3, -0.25) is 14.4 Å². The molecule has 0 aliphatic carbocycles. The third-order valence-electron chi connectivity index (χ3n) is 3.13. The molecule has 23 heavy (non-hydrogen) atoms. The molecule has 0 saturated carbocycles. The van der Waals surface area contributed by atoms with Crippen LogP contribution in [0.1, 0.15) is 30.6 Å². The number of hydrogen-bond acceptors (Lipinski definition) is 3. The van der Waals surface area contributed by atoms with Crippen LogP contribution in [0.3, 0.4) is 0 Å². The number of aliphatic carboxylic acids is 1. The molecular weight excluding hydrogens is 343 g/mol. The molecule has 2 amide bonds. The van der Waals surface area contributed by atoms with Gasteiger partial charge in [-0.1, -0.05) is 37.0 Å². The van der Waals surface area contributed by atoms with Gasteiger partial charge in [-0.15, -0.1) is 0 Å². The number of carboxylic acids is 1. The summed E-state index contributed by atoms with van der Waals surface area (Å²) >= 11 is 11.7. The number of rotatable bonds is 7. The predicted octanol–water partition coefficient (Wildman–Crippen LogP) is 2.34. The molecule has 0 heterocycles. The summed E-state index contributed by atoms with van der Waals surface area (Å²) in [4.78, 5) is 34.6. The zero-order chi connectivity index (χ0) is 17.6. The van der Waals surface area contributed by atoms with Crippen molar-refractivity contribution in [2.24, 2.45) is 5.92 Å². The van der Waals surface area contributed by atoms with Crippen molar-refractivity contribution in [2.75, 3.05) is 6.54 Å². The van der Waals surface area contributed by atoms with Crippen LogP contribution in [0.4, 0.5) is 0 Å². The van der Waals surface area contributed by atoms with Crippen LogP contribution in [-0.2, 0) is 9.59 Å². The zero-order valence-electron chi connectivity index (χ0n) is 12.7. The van der Waals surface area contributed by atoms with Crippen LogP contribution in [0.25, 0.3) is 0 Å². The Hall–Kier alpha value is -1.79. The monoisotopic (exact) mass is 360 g/mol. The summed E-state index contributed by atoms with van der Waals surface area (Å²) in [7, 11) is 0. The smallest absolute Gasteiger partial charge is 0.305 e. The lowest BCUT2D eigenvalue weighted by atomic mass is 10.0. The highest BCUT2D eigenvalue weighted by atomic mass is 35.5. The second kappa shape index (κ2) is 8.74. The van der Waals surface area contributed by atoms with Crippen molar-refractivity contribution in [3.8, 4) is 0 Å². The number of carboxylic acid groups (broad SMARTS) is 1. The Kier molecular flexibility index (Phi) is 7.32. The van der Waals surface area contributed by atoms with Crippen molar-refractivity contribution in [3.63, 3.8) is 0 Å². The van der Waals surface area contributed by atoms with E-state index < -0.39 is 23.8 Å². The van der Waals surface area contributed by atoms with Gasteiger partial charge in [0, 0.05) is 11.1 Å². The number of halogens is 2. The lowest BCUT2D eigenvalue weighted by Gasteiger charge is -2.20. The molecule has 1 atom stereocenters. The van der Waals surface area contributed by atoms with Crippen molar-refractivity contribution in [3.05, 3.63) is 33.8 Å². The van der Waals surface area contributed by atoms with Gasteiger partial charge in [0.1, 0.15) is 0 Å². The number of carbonyl (C=O) groups excluding carboxylic acids is 2. The van der Waals surface area contributed by atoms with E-state index >= 15 is 0 Å². The van der Waals surface area contributed by atoms with Crippen LogP contribution in [0.2, 0.25) is 10.0 Å². The van der Waals surface area contributed by atoms with E-state index in [0.717, 1.165) is 0 Å². The standard InChI is InChI=1S/C15H18Cl2N2O4/c1-8(2)12(6-14(21)22)19-13(20)7-18-15(23)10-5-9(16)3-4-11(10)17/h3-5,8,12H,6-7H2,1-2H3,(H,18,23)(H,19,20)(H,21,22). The number of carbonyl (C=O) groups is 3. The third kappa shape index (κ3) is 6.46. The Morgan fingerprint density at radius 1 is 1.22 bits per heavy atom. The van der Waals surface area contributed by atoms with Gasteiger partial charge < -0.3 is 15.7 Å². The van der Waals surface area contributed by atoms with Gasteiger partial charge in [-0.05, 0) is 24.1 Å². The van der Waals surface area contributed by atoms with E-state index in [-0.39, 0.29) is 29.5 Å². The number of hydrogen-bond donors (Lipinski definition) is 3. The molecule has 0 spiro atoms. The molecule has 3 N–H and O–H groups in total. The minimum absolute atomic E-state index is 0.0480. The molecule has 0 saturated heterocycles. The molecular formula is C15H18Cl2N2O4. The first-order chi connectivity index (χ1) is 10.7. The van der Waals surface area contributed by atoms with Crippen LogP contribution in [-0.4, -0.2) is 35.5 Å². The molecule has 6 nitrogen and oxygen atoms in total. The molecule has 0 aromatic heterocycles. The first kappa shape index (κ1) is 19.3. The van der Waals surface area contributed by atoms with Crippen LogP contribution in [0.15, 0.2) is 18.2 Å². The van der Waals surface area contributed by atoms with E-state index in [4.69, 9.17) is 28.3 Å². The normalized spacial score (nSPS) is 11.9. The third-order valence-corrected chi connectivity index (χ3v) is 3.69. The summed E-state index contributed by atoms with van der Waals surface area (Å²) in [6.45, 7) is 3.32. The maximum Gasteiger partial charge on any atom is 0.305 e. The molecule has 1 rings (SSSR count). The quantitative estimate of drug-likeness (QED) is 0.695. The van der Waals surface area contributed by atoms with Crippen molar-refractivity contribution < 1.29 is 19.5 Å². The van der Waals surface area contributed by atoms with E-state index in [0.29, 0.717) is 5.02 Å². The van der Waals surface area contributed by atoms with Crippen LogP contribution < -0.4 is 10.6 Å². The van der Waals surface area contributed by atoms with Gasteiger partial charge in [-0.25, -0.2) is 0 Å². The van der Waals surface area contributed by atoms with Crippen molar-refractivity contribution >= 4 is 41.0 Å². The number of amides is 2. The maximum atomic E-state index is 12.0. The molecule has 126 valence electrons. The predicted molar refractivity (Wildman–Crippen MR) is 87.8 cm³/mol. The fourth-order valence-corrected chi connectivity index (χ4v) is 2.20. The average molecular weight is 361 g/mol. The molecule has 0 bridgehead atoms. The molecule has 1 unspecified atom stereocenters. The van der Waals surface area contributed by atoms with Crippen molar-refractivity contribution in [2.45, 2.75) is 26.3 Å². The summed E-state index contributed by atoms with van der Waals surface area (Å²) in [6, 6.07) is 3.93. The summed E-state index contributed by atoms with van der Waals surface area (Å²) in [5.74, 6) is -2.06. The van der Waals surface area contributed by atoms with Crippen LogP contribution in [0.5, 0.6) is 0 Å². The van der Waals surface area contributed by atoms with Gasteiger partial charge >= 0.3 is 5.97 Å². The van der Waals surface area contributed by atoms with Gasteiger partial charge in [0.15, 0.2) is 0 Å². The largest absolute Gasteiger partial charge is 0.481 e. The number of nitrogens with one attached hydrogen (secondary N) is 2. The summed E-state index contributed by atoms with van der Waals surface area (Å²) < 4.78 is 0. The summed E-state index contributed by atoms with van der Waals surface area (Å²) in [6.07, 6.45) is -0.183. The minimum atomic E-state index is -1.00. The Morgan fingerprint density at radius 2 is 1.87 bits per heavy atom. The van der Waals surface area contributed by atoms with Gasteiger partial charge in [-0.2, -0.15) is 0 Å². The van der Waals surface area contributed by atoms with Crippen LogP contribution in [0, 0.1) is 5.92 Å². The lowest BCUT2D eigenvalue weighted by Crippen LogP contribution is -2.45. The topological polar surface area (TPSA) is 95.5 Å². The fraction of sp³-hybridized carbons (Fsp3) is 0.400. The molecule has 8 heteroatoms. The van der Waals surface area contributed by atoms with Crippen molar-refractivity contribution in [1.29, 1.82) is 0 Å². The first-order valence-electron chi connectivity index (χ1n) is 6.95. The Morgan fingerprint density at radius 3 is 2.43 bits per heavy atom. The zero-order valence-corrected chi connectivity index (χ0v) is 14.2. The van der Waals surface area contributed by atoms with E-state index in [9.17, 15) is 14.4 Å². The molecule has 0 fully saturated rings. The lowest BCUT2D eigenvalue weighted by molar-refractivity contribution is -0.138. The Balaban J connectivity index is 2.59. The molecule has 0 radical (unpaired) electrons. The molecule has 0 aliphatic heterocycles. The minimum Gasteiger partial charge on any atom is -0.481 e. The highest BCUT2D eigenvalue weighted by Crippen LogP contribution is 2.20. The maximum absolute atomic E-state index is 12.0. The van der Waals surface area contributed by atoms with Gasteiger partial charge in [0.2, 0.25) is 5.91 Å². The highest BCUT2D eigenvalue weighted by molar-refractivity contribution is 6.35. The summed E-state index contributed by atoms with van der Waals surface area (Å²) in [5.41, 5.74) is 0.165. The second-order valence-corrected chi connectivity index (χ2v) is 6.17. The van der Waals surface area contributed by atoms with E-state index in [1.807, 2.05) is 0 Å². The summed E-state index contributed by atoms with van der Waals surface area (Å²) in [5, 5.41) is 14.4. The van der Waals surface area contributed by atoms with E-state index in [1.54, 1.807) is 19.9 Å². The molecule has 1 aromatic carbocycles. The van der Waals surface area contributed by atoms with E-state index in [2.05, 4.69) is 10.6 Å². The first-order valence-corrected chi connectivity index (χ1v) is 7.70. The second-order valence-electron chi connectivity index (χ2n) is 5.32. The fourth-order valence-electron chi connectivity index (χ4n) is 1.83. The average Bonchev–Trinajstić information content (AvgIpc) is 2.46. The van der Waals surface area contributed by atoms with E-state index in [1.165, 1.54) is 12.1 Å². The Labute approximate surface area is 144 Å². The van der Waals surface area contributed by atoms with Crippen molar-refractivity contribution in [1.82, 2.24) is 10.6 Å². The Bertz CT molecular complexity index is 605. The SMILES string of the molecule is CC(C)C(CC(=O)O)NC(=O)CNC(=O)c1cc(Cl)ccc1Cl. The number of benzene rings is 1. The van der Waals surface area contributed by atoms with Gasteiger partial charge in [0.25, 0.3) is 5.91 Å². The molecule has 0 aliphatic rings. The van der Waals surface area contributed by atoms with Crippen LogP contribution >= 0.6 is 23.2 Å². The van der Waals surface area contributed by atoms with Gasteiger partial charge in [0.05, 0.1) is 23.6 Å². The molecule has 1 aromatic rings. The highest BCUT2D eigenvalue weighted by Gasteiger charge is 2.20.